The molecule has 2 aliphatic rings. The summed E-state index contributed by atoms with van der Waals surface area (Å²) >= 11 is 0. The third-order valence-corrected chi connectivity index (χ3v) is 4.60. The van der Waals surface area contributed by atoms with Gasteiger partial charge in [-0.25, -0.2) is 0 Å². The van der Waals surface area contributed by atoms with Gasteiger partial charge in [-0.3, -0.25) is 9.59 Å². The van der Waals surface area contributed by atoms with Gasteiger partial charge in [0.25, 0.3) is 5.91 Å². The third-order valence-electron chi connectivity index (χ3n) is 4.60. The molecule has 1 amide bonds. The Kier molecular flexibility index (Phi) is 3.69. The Morgan fingerprint density at radius 3 is 2.67 bits per heavy atom. The summed E-state index contributed by atoms with van der Waals surface area (Å²) in [6.07, 6.45) is 6.28. The van der Waals surface area contributed by atoms with Crippen molar-refractivity contribution in [2.24, 2.45) is 5.41 Å². The first-order valence-corrected chi connectivity index (χ1v) is 7.59. The second-order valence-electron chi connectivity index (χ2n) is 6.22. The van der Waals surface area contributed by atoms with E-state index in [4.69, 9.17) is 4.52 Å². The molecule has 1 aromatic rings. The molecule has 2 aliphatic carbocycles. The van der Waals surface area contributed by atoms with Crippen LogP contribution in [0.2, 0.25) is 0 Å². The summed E-state index contributed by atoms with van der Waals surface area (Å²) in [4.78, 5) is 23.6. The van der Waals surface area contributed by atoms with Gasteiger partial charge in [0, 0.05) is 18.5 Å². The van der Waals surface area contributed by atoms with Crippen molar-refractivity contribution in [1.82, 2.24) is 10.5 Å². The molecule has 1 aromatic heterocycles. The number of aromatic nitrogens is 1. The Labute approximate surface area is 122 Å². The van der Waals surface area contributed by atoms with E-state index in [1.54, 1.807) is 6.07 Å². The van der Waals surface area contributed by atoms with Crippen LogP contribution in [-0.2, 0) is 4.79 Å². The van der Waals surface area contributed by atoms with E-state index < -0.39 is 11.4 Å². The molecule has 6 heteroatoms. The highest BCUT2D eigenvalue weighted by molar-refractivity contribution is 5.91. The van der Waals surface area contributed by atoms with Crippen molar-refractivity contribution >= 4 is 11.9 Å². The number of hydrogen-bond acceptors (Lipinski definition) is 4. The van der Waals surface area contributed by atoms with Crippen molar-refractivity contribution in [2.45, 2.75) is 50.9 Å². The van der Waals surface area contributed by atoms with E-state index in [1.165, 1.54) is 0 Å². The van der Waals surface area contributed by atoms with Gasteiger partial charge < -0.3 is 14.9 Å². The fraction of sp³-hybridized carbons (Fsp3) is 0.667. The maximum Gasteiger partial charge on any atom is 0.311 e. The van der Waals surface area contributed by atoms with Crippen LogP contribution >= 0.6 is 0 Å². The molecule has 21 heavy (non-hydrogen) atoms. The molecule has 0 radical (unpaired) electrons. The van der Waals surface area contributed by atoms with Crippen LogP contribution in [0.5, 0.6) is 0 Å². The topological polar surface area (TPSA) is 92.4 Å². The zero-order valence-corrected chi connectivity index (χ0v) is 11.9. The minimum atomic E-state index is -0.826. The van der Waals surface area contributed by atoms with Crippen molar-refractivity contribution in [1.29, 1.82) is 0 Å². The molecule has 2 N–H and O–H groups in total. The summed E-state index contributed by atoms with van der Waals surface area (Å²) in [6, 6.07) is 1.67. The molecule has 114 valence electrons. The number of aliphatic carboxylic acids is 1. The van der Waals surface area contributed by atoms with Crippen LogP contribution in [0.25, 0.3) is 0 Å². The standard InChI is InChI=1S/C15H20N2O4/c18-13(12-8-11(17-21-12)10-4-5-10)16-9-15(14(19)20)6-2-1-3-7-15/h8,10H,1-7,9H2,(H,16,18)(H,19,20). The molecule has 2 saturated carbocycles. The van der Waals surface area contributed by atoms with E-state index in [9.17, 15) is 14.7 Å². The second-order valence-corrected chi connectivity index (χ2v) is 6.22. The summed E-state index contributed by atoms with van der Waals surface area (Å²) in [7, 11) is 0. The molecule has 1 heterocycles. The van der Waals surface area contributed by atoms with E-state index in [2.05, 4.69) is 10.5 Å². The average Bonchev–Trinajstić information content (AvgIpc) is 3.23. The fourth-order valence-electron chi connectivity index (χ4n) is 3.00. The summed E-state index contributed by atoms with van der Waals surface area (Å²) < 4.78 is 5.05. The largest absolute Gasteiger partial charge is 0.481 e. The Morgan fingerprint density at radius 1 is 1.33 bits per heavy atom. The van der Waals surface area contributed by atoms with Crippen molar-refractivity contribution in [3.63, 3.8) is 0 Å². The summed E-state index contributed by atoms with van der Waals surface area (Å²) in [5, 5.41) is 16.1. The zero-order valence-electron chi connectivity index (χ0n) is 11.9. The van der Waals surface area contributed by atoms with E-state index in [1.807, 2.05) is 0 Å². The van der Waals surface area contributed by atoms with Gasteiger partial charge in [-0.1, -0.05) is 24.4 Å². The summed E-state index contributed by atoms with van der Waals surface area (Å²) in [6.45, 7) is 0.153. The van der Waals surface area contributed by atoms with Gasteiger partial charge in [-0.05, 0) is 25.7 Å². The minimum Gasteiger partial charge on any atom is -0.481 e. The van der Waals surface area contributed by atoms with E-state index in [0.29, 0.717) is 18.8 Å². The van der Waals surface area contributed by atoms with Gasteiger partial charge in [-0.2, -0.15) is 0 Å². The number of carboxylic acid groups (broad SMARTS) is 1. The molecule has 0 aliphatic heterocycles. The number of carbonyl (C=O) groups excluding carboxylic acids is 1. The van der Waals surface area contributed by atoms with Gasteiger partial charge in [-0.15, -0.1) is 0 Å². The van der Waals surface area contributed by atoms with Crippen LogP contribution in [-0.4, -0.2) is 28.7 Å². The lowest BCUT2D eigenvalue weighted by molar-refractivity contribution is -0.150. The highest BCUT2D eigenvalue weighted by Gasteiger charge is 2.40. The monoisotopic (exact) mass is 292 g/mol. The SMILES string of the molecule is O=C(NCC1(C(=O)O)CCCCC1)c1cc(C2CC2)no1. The summed E-state index contributed by atoms with van der Waals surface area (Å²) in [5.74, 6) is -0.591. The highest BCUT2D eigenvalue weighted by Crippen LogP contribution is 2.39. The number of hydrogen-bond donors (Lipinski definition) is 2. The van der Waals surface area contributed by atoms with Crippen molar-refractivity contribution in [3.8, 4) is 0 Å². The predicted molar refractivity (Wildman–Crippen MR) is 74.0 cm³/mol. The molecule has 0 bridgehead atoms. The van der Waals surface area contributed by atoms with Crippen LogP contribution in [0.15, 0.2) is 10.6 Å². The molecule has 0 atom stereocenters. The van der Waals surface area contributed by atoms with E-state index >= 15 is 0 Å². The molecule has 0 aromatic carbocycles. The normalized spacial score (nSPS) is 21.0. The smallest absolute Gasteiger partial charge is 0.311 e. The maximum atomic E-state index is 12.1. The van der Waals surface area contributed by atoms with E-state index in [-0.39, 0.29) is 18.2 Å². The lowest BCUT2D eigenvalue weighted by Gasteiger charge is -2.33. The molecule has 0 unspecified atom stereocenters. The molecular formula is C15H20N2O4. The Balaban J connectivity index is 1.61. The number of carbonyl (C=O) groups is 2. The first kappa shape index (κ1) is 14.1. The van der Waals surface area contributed by atoms with Crippen molar-refractivity contribution in [3.05, 3.63) is 17.5 Å². The predicted octanol–water partition coefficient (Wildman–Crippen LogP) is 2.32. The van der Waals surface area contributed by atoms with Crippen LogP contribution in [0.4, 0.5) is 0 Å². The van der Waals surface area contributed by atoms with Crippen LogP contribution in [0.3, 0.4) is 0 Å². The van der Waals surface area contributed by atoms with Gasteiger partial charge in [0.05, 0.1) is 11.1 Å². The lowest BCUT2D eigenvalue weighted by Crippen LogP contribution is -2.44. The Hall–Kier alpha value is -1.85. The van der Waals surface area contributed by atoms with Crippen molar-refractivity contribution in [2.75, 3.05) is 6.54 Å². The van der Waals surface area contributed by atoms with Crippen LogP contribution in [0.1, 0.15) is 67.1 Å². The van der Waals surface area contributed by atoms with Gasteiger partial charge in [0.15, 0.2) is 0 Å². The van der Waals surface area contributed by atoms with Crippen LogP contribution < -0.4 is 5.32 Å². The summed E-state index contributed by atoms with van der Waals surface area (Å²) in [5.41, 5.74) is -0.00136. The quantitative estimate of drug-likeness (QED) is 0.868. The number of amides is 1. The van der Waals surface area contributed by atoms with Gasteiger partial charge >= 0.3 is 5.97 Å². The molecule has 0 saturated heterocycles. The third kappa shape index (κ3) is 2.94. The van der Waals surface area contributed by atoms with Gasteiger partial charge in [0.2, 0.25) is 5.76 Å². The first-order valence-electron chi connectivity index (χ1n) is 7.59. The molecule has 3 rings (SSSR count). The number of nitrogens with zero attached hydrogens (tertiary/aromatic N) is 1. The zero-order chi connectivity index (χ0) is 14.9. The second kappa shape index (κ2) is 5.50. The lowest BCUT2D eigenvalue weighted by atomic mass is 9.74. The molecule has 0 spiro atoms. The number of carboxylic acids is 1. The Morgan fingerprint density at radius 2 is 2.05 bits per heavy atom. The Bertz CT molecular complexity index is 542. The number of rotatable bonds is 5. The fourth-order valence-corrected chi connectivity index (χ4v) is 3.00. The molecule has 2 fully saturated rings. The van der Waals surface area contributed by atoms with Gasteiger partial charge in [0.1, 0.15) is 0 Å². The number of nitrogens with one attached hydrogen (secondary N) is 1. The highest BCUT2D eigenvalue weighted by atomic mass is 16.5. The average molecular weight is 292 g/mol. The molecular weight excluding hydrogens is 272 g/mol. The first-order chi connectivity index (χ1) is 10.1. The molecule has 6 nitrogen and oxygen atoms in total. The maximum absolute atomic E-state index is 12.1. The van der Waals surface area contributed by atoms with E-state index in [0.717, 1.165) is 37.8 Å². The minimum absolute atomic E-state index is 0.153. The van der Waals surface area contributed by atoms with Crippen LogP contribution in [0, 0.1) is 5.41 Å². The van der Waals surface area contributed by atoms with Crippen molar-refractivity contribution < 1.29 is 19.2 Å².